The molecule has 0 heterocycles. The summed E-state index contributed by atoms with van der Waals surface area (Å²) in [6.07, 6.45) is 1.65. The molecule has 1 aromatic rings. The molecule has 4 nitrogen and oxygen atoms in total. The number of aryl methyl sites for hydroxylation is 2. The van der Waals surface area contributed by atoms with Crippen LogP contribution in [0, 0.1) is 13.8 Å². The minimum absolute atomic E-state index is 0.107. The van der Waals surface area contributed by atoms with Gasteiger partial charge in [-0.1, -0.05) is 13.8 Å². The van der Waals surface area contributed by atoms with Crippen molar-refractivity contribution in [3.05, 3.63) is 23.3 Å². The molecule has 23 heavy (non-hydrogen) atoms. The zero-order chi connectivity index (χ0) is 17.6. The van der Waals surface area contributed by atoms with Gasteiger partial charge in [0.1, 0.15) is 11.4 Å². The largest absolute Gasteiger partial charge is 0.490 e. The van der Waals surface area contributed by atoms with E-state index in [1.807, 2.05) is 60.6 Å². The van der Waals surface area contributed by atoms with Gasteiger partial charge in [-0.3, -0.25) is 4.79 Å². The van der Waals surface area contributed by atoms with Crippen molar-refractivity contribution in [2.75, 3.05) is 11.9 Å². The molecule has 0 aromatic heterocycles. The van der Waals surface area contributed by atoms with E-state index in [4.69, 9.17) is 9.47 Å². The third kappa shape index (κ3) is 5.24. The Hall–Kier alpha value is -1.55. The van der Waals surface area contributed by atoms with Crippen LogP contribution in [0.25, 0.3) is 0 Å². The highest BCUT2D eigenvalue weighted by molar-refractivity contribution is 5.97. The SMILES string of the molecule is CCCOC(C)(CC)C(=O)Nc1cc(C)c(OC(C)C)c(C)c1. The molecule has 0 fully saturated rings. The highest BCUT2D eigenvalue weighted by Gasteiger charge is 2.32. The maximum Gasteiger partial charge on any atom is 0.256 e. The maximum absolute atomic E-state index is 12.6. The standard InChI is InChI=1S/C19H31NO3/c1-8-10-22-19(7,9-2)18(21)20-16-11-14(5)17(15(6)12-16)23-13(3)4/h11-13H,8-10H2,1-7H3,(H,20,21). The van der Waals surface area contributed by atoms with Gasteiger partial charge < -0.3 is 14.8 Å². The van der Waals surface area contributed by atoms with Gasteiger partial charge in [-0.05, 0) is 70.7 Å². The number of carbonyl (C=O) groups excluding carboxylic acids is 1. The molecule has 1 amide bonds. The van der Waals surface area contributed by atoms with Crippen LogP contribution in [0.4, 0.5) is 5.69 Å². The lowest BCUT2D eigenvalue weighted by Crippen LogP contribution is -2.42. The molecule has 0 aliphatic heterocycles. The van der Waals surface area contributed by atoms with E-state index >= 15 is 0 Å². The molecule has 1 N–H and O–H groups in total. The zero-order valence-electron chi connectivity index (χ0n) is 15.6. The van der Waals surface area contributed by atoms with Crippen LogP contribution in [0.1, 0.15) is 58.6 Å². The number of hydrogen-bond donors (Lipinski definition) is 1. The third-order valence-corrected chi connectivity index (χ3v) is 3.85. The first-order valence-corrected chi connectivity index (χ1v) is 8.46. The lowest BCUT2D eigenvalue weighted by molar-refractivity contribution is -0.139. The van der Waals surface area contributed by atoms with Gasteiger partial charge in [0.25, 0.3) is 5.91 Å². The molecular formula is C19H31NO3. The number of benzene rings is 1. The Morgan fingerprint density at radius 2 is 1.78 bits per heavy atom. The Labute approximate surface area is 140 Å². The van der Waals surface area contributed by atoms with E-state index in [0.717, 1.165) is 29.0 Å². The highest BCUT2D eigenvalue weighted by Crippen LogP contribution is 2.29. The van der Waals surface area contributed by atoms with Gasteiger partial charge in [0.15, 0.2) is 0 Å². The van der Waals surface area contributed by atoms with Crippen LogP contribution in [0.3, 0.4) is 0 Å². The second kappa shape index (κ2) is 8.34. The summed E-state index contributed by atoms with van der Waals surface area (Å²) in [5.74, 6) is 0.781. The molecule has 0 saturated heterocycles. The maximum atomic E-state index is 12.6. The van der Waals surface area contributed by atoms with Crippen LogP contribution in [0.15, 0.2) is 12.1 Å². The first-order chi connectivity index (χ1) is 10.7. The van der Waals surface area contributed by atoms with Crippen LogP contribution in [0.5, 0.6) is 5.75 Å². The molecule has 0 saturated carbocycles. The minimum Gasteiger partial charge on any atom is -0.490 e. The van der Waals surface area contributed by atoms with Gasteiger partial charge in [0.05, 0.1) is 6.10 Å². The van der Waals surface area contributed by atoms with Gasteiger partial charge in [0, 0.05) is 12.3 Å². The molecule has 0 radical (unpaired) electrons. The molecule has 1 atom stereocenters. The summed E-state index contributed by atoms with van der Waals surface area (Å²) < 4.78 is 11.6. The fourth-order valence-corrected chi connectivity index (χ4v) is 2.36. The van der Waals surface area contributed by atoms with E-state index in [9.17, 15) is 4.79 Å². The van der Waals surface area contributed by atoms with Crippen LogP contribution >= 0.6 is 0 Å². The Morgan fingerprint density at radius 3 is 2.22 bits per heavy atom. The number of nitrogens with one attached hydrogen (secondary N) is 1. The zero-order valence-corrected chi connectivity index (χ0v) is 15.6. The van der Waals surface area contributed by atoms with Crippen molar-refractivity contribution in [3.8, 4) is 5.75 Å². The fourth-order valence-electron chi connectivity index (χ4n) is 2.36. The van der Waals surface area contributed by atoms with Crippen LogP contribution in [-0.4, -0.2) is 24.2 Å². The monoisotopic (exact) mass is 321 g/mol. The van der Waals surface area contributed by atoms with Crippen molar-refractivity contribution in [2.24, 2.45) is 0 Å². The van der Waals surface area contributed by atoms with Gasteiger partial charge in [0.2, 0.25) is 0 Å². The molecule has 0 aliphatic carbocycles. The summed E-state index contributed by atoms with van der Waals surface area (Å²) >= 11 is 0. The van der Waals surface area contributed by atoms with E-state index in [2.05, 4.69) is 5.32 Å². The van der Waals surface area contributed by atoms with E-state index in [-0.39, 0.29) is 12.0 Å². The predicted octanol–water partition coefficient (Wildman–Crippen LogP) is 4.62. The predicted molar refractivity (Wildman–Crippen MR) is 95.2 cm³/mol. The second-order valence-corrected chi connectivity index (χ2v) is 6.49. The third-order valence-electron chi connectivity index (χ3n) is 3.85. The van der Waals surface area contributed by atoms with Gasteiger partial charge >= 0.3 is 0 Å². The van der Waals surface area contributed by atoms with Crippen molar-refractivity contribution in [2.45, 2.75) is 73.0 Å². The summed E-state index contributed by atoms with van der Waals surface area (Å²) in [5.41, 5.74) is 2.01. The molecule has 1 aromatic carbocycles. The summed E-state index contributed by atoms with van der Waals surface area (Å²) in [6.45, 7) is 14.4. The molecule has 1 unspecified atom stereocenters. The second-order valence-electron chi connectivity index (χ2n) is 6.49. The van der Waals surface area contributed by atoms with Gasteiger partial charge in [-0.2, -0.15) is 0 Å². The average Bonchev–Trinajstić information content (AvgIpc) is 2.48. The van der Waals surface area contributed by atoms with Crippen molar-refractivity contribution in [3.63, 3.8) is 0 Å². The lowest BCUT2D eigenvalue weighted by atomic mass is 10.0. The summed E-state index contributed by atoms with van der Waals surface area (Å²) in [6, 6.07) is 3.89. The number of rotatable bonds is 8. The number of anilines is 1. The van der Waals surface area contributed by atoms with E-state index < -0.39 is 5.60 Å². The van der Waals surface area contributed by atoms with Gasteiger partial charge in [-0.25, -0.2) is 0 Å². The smallest absolute Gasteiger partial charge is 0.256 e. The van der Waals surface area contributed by atoms with Crippen molar-refractivity contribution < 1.29 is 14.3 Å². The molecule has 130 valence electrons. The van der Waals surface area contributed by atoms with Crippen LogP contribution in [0.2, 0.25) is 0 Å². The Kier molecular flexibility index (Phi) is 7.07. The average molecular weight is 321 g/mol. The normalized spacial score (nSPS) is 13.7. The quantitative estimate of drug-likeness (QED) is 0.759. The molecule has 1 rings (SSSR count). The molecular weight excluding hydrogens is 290 g/mol. The van der Waals surface area contributed by atoms with Crippen molar-refractivity contribution in [1.29, 1.82) is 0 Å². The fraction of sp³-hybridized carbons (Fsp3) is 0.632. The molecule has 0 aliphatic rings. The van der Waals surface area contributed by atoms with Crippen molar-refractivity contribution >= 4 is 11.6 Å². The van der Waals surface area contributed by atoms with E-state index in [1.54, 1.807) is 0 Å². The van der Waals surface area contributed by atoms with Crippen molar-refractivity contribution in [1.82, 2.24) is 0 Å². The Balaban J connectivity index is 2.94. The number of hydrogen-bond acceptors (Lipinski definition) is 3. The number of amides is 1. The van der Waals surface area contributed by atoms with Crippen LogP contribution < -0.4 is 10.1 Å². The lowest BCUT2D eigenvalue weighted by Gasteiger charge is -2.27. The van der Waals surface area contributed by atoms with E-state index in [1.165, 1.54) is 0 Å². The molecule has 0 bridgehead atoms. The molecule has 4 heteroatoms. The summed E-state index contributed by atoms with van der Waals surface area (Å²) in [7, 11) is 0. The van der Waals surface area contributed by atoms with Gasteiger partial charge in [-0.15, -0.1) is 0 Å². The number of carbonyl (C=O) groups is 1. The first-order valence-electron chi connectivity index (χ1n) is 8.46. The summed E-state index contributed by atoms with van der Waals surface area (Å²) in [4.78, 5) is 12.6. The molecule has 0 spiro atoms. The van der Waals surface area contributed by atoms with Crippen LogP contribution in [-0.2, 0) is 9.53 Å². The highest BCUT2D eigenvalue weighted by atomic mass is 16.5. The summed E-state index contributed by atoms with van der Waals surface area (Å²) in [5, 5.41) is 2.99. The Bertz CT molecular complexity index is 516. The first kappa shape index (κ1) is 19.5. The minimum atomic E-state index is -0.801. The topological polar surface area (TPSA) is 47.6 Å². The number of ether oxygens (including phenoxy) is 2. The Morgan fingerprint density at radius 1 is 1.22 bits per heavy atom. The van der Waals surface area contributed by atoms with E-state index in [0.29, 0.717) is 13.0 Å².